The van der Waals surface area contributed by atoms with Crippen molar-refractivity contribution in [1.82, 2.24) is 20.2 Å². The summed E-state index contributed by atoms with van der Waals surface area (Å²) in [6, 6.07) is 5.99. The number of hydrogen-bond acceptors (Lipinski definition) is 5. The summed E-state index contributed by atoms with van der Waals surface area (Å²) in [6.45, 7) is 2.08. The molecule has 0 aliphatic carbocycles. The van der Waals surface area contributed by atoms with Crippen LogP contribution in [0, 0.1) is 5.82 Å². The van der Waals surface area contributed by atoms with Crippen molar-refractivity contribution in [3.05, 3.63) is 53.6 Å². The molecule has 0 aliphatic heterocycles. The minimum absolute atomic E-state index is 0.265. The second-order valence-electron chi connectivity index (χ2n) is 5.69. The molecule has 128 valence electrons. The maximum atomic E-state index is 12.8. The SMILES string of the molecule is CN(C)CCCNc1ncc(C(=O)NCc2ccc(F)cc2)cn1. The van der Waals surface area contributed by atoms with Crippen molar-refractivity contribution in [2.45, 2.75) is 13.0 Å². The smallest absolute Gasteiger partial charge is 0.254 e. The van der Waals surface area contributed by atoms with Crippen LogP contribution in [0.3, 0.4) is 0 Å². The van der Waals surface area contributed by atoms with E-state index in [4.69, 9.17) is 0 Å². The molecule has 0 bridgehead atoms. The van der Waals surface area contributed by atoms with Crippen molar-refractivity contribution in [3.8, 4) is 0 Å². The zero-order valence-electron chi connectivity index (χ0n) is 13.9. The first kappa shape index (κ1) is 17.8. The van der Waals surface area contributed by atoms with E-state index < -0.39 is 0 Å². The predicted molar refractivity (Wildman–Crippen MR) is 91.3 cm³/mol. The molecule has 2 aromatic rings. The lowest BCUT2D eigenvalue weighted by atomic mass is 10.2. The Bertz CT molecular complexity index is 643. The fraction of sp³-hybridized carbons (Fsp3) is 0.353. The van der Waals surface area contributed by atoms with Gasteiger partial charge in [0.15, 0.2) is 0 Å². The summed E-state index contributed by atoms with van der Waals surface area (Å²) in [5, 5.41) is 5.86. The van der Waals surface area contributed by atoms with E-state index in [0.29, 0.717) is 18.1 Å². The topological polar surface area (TPSA) is 70.2 Å². The lowest BCUT2D eigenvalue weighted by Gasteiger charge is -2.10. The second kappa shape index (κ2) is 8.93. The van der Waals surface area contributed by atoms with Gasteiger partial charge in [-0.3, -0.25) is 4.79 Å². The number of benzene rings is 1. The van der Waals surface area contributed by atoms with Gasteiger partial charge in [-0.15, -0.1) is 0 Å². The third kappa shape index (κ3) is 5.92. The van der Waals surface area contributed by atoms with Crippen molar-refractivity contribution in [1.29, 1.82) is 0 Å². The number of amides is 1. The zero-order chi connectivity index (χ0) is 17.4. The minimum Gasteiger partial charge on any atom is -0.354 e. The van der Waals surface area contributed by atoms with Crippen molar-refractivity contribution in [3.63, 3.8) is 0 Å². The molecule has 0 saturated heterocycles. The largest absolute Gasteiger partial charge is 0.354 e. The summed E-state index contributed by atoms with van der Waals surface area (Å²) in [4.78, 5) is 22.4. The van der Waals surface area contributed by atoms with Gasteiger partial charge in [0.05, 0.1) is 5.56 Å². The molecule has 0 fully saturated rings. The highest BCUT2D eigenvalue weighted by Crippen LogP contribution is 2.04. The molecule has 2 N–H and O–H groups in total. The van der Waals surface area contributed by atoms with E-state index in [0.717, 1.165) is 25.1 Å². The lowest BCUT2D eigenvalue weighted by molar-refractivity contribution is 0.0950. The number of aromatic nitrogens is 2. The number of hydrogen-bond donors (Lipinski definition) is 2. The Balaban J connectivity index is 1.79. The standard InChI is InChI=1S/C17H22FN5O/c1-23(2)9-3-8-19-17-21-11-14(12-22-17)16(24)20-10-13-4-6-15(18)7-5-13/h4-7,11-12H,3,8-10H2,1-2H3,(H,20,24)(H,19,21,22). The van der Waals surface area contributed by atoms with E-state index in [-0.39, 0.29) is 11.7 Å². The molecule has 0 atom stereocenters. The van der Waals surface area contributed by atoms with E-state index in [1.807, 2.05) is 14.1 Å². The van der Waals surface area contributed by atoms with Gasteiger partial charge in [0.2, 0.25) is 5.95 Å². The highest BCUT2D eigenvalue weighted by molar-refractivity contribution is 5.93. The molecule has 1 aromatic carbocycles. The quantitative estimate of drug-likeness (QED) is 0.723. The molecular formula is C17H22FN5O. The number of halogens is 1. The van der Waals surface area contributed by atoms with Crippen LogP contribution in [0.25, 0.3) is 0 Å². The van der Waals surface area contributed by atoms with Crippen LogP contribution in [0.15, 0.2) is 36.7 Å². The summed E-state index contributed by atoms with van der Waals surface area (Å²) in [6.07, 6.45) is 3.96. The molecule has 0 saturated carbocycles. The summed E-state index contributed by atoms with van der Waals surface area (Å²) in [7, 11) is 4.05. The molecule has 6 nitrogen and oxygen atoms in total. The molecule has 0 spiro atoms. The molecule has 0 radical (unpaired) electrons. The normalized spacial score (nSPS) is 10.7. The average molecular weight is 331 g/mol. The van der Waals surface area contributed by atoms with Crippen LogP contribution >= 0.6 is 0 Å². The molecule has 7 heteroatoms. The predicted octanol–water partition coefficient (Wildman–Crippen LogP) is 1.91. The summed E-state index contributed by atoms with van der Waals surface area (Å²) in [5.41, 5.74) is 1.21. The third-order valence-corrected chi connectivity index (χ3v) is 3.35. The van der Waals surface area contributed by atoms with Crippen LogP contribution in [-0.2, 0) is 6.54 Å². The highest BCUT2D eigenvalue weighted by atomic mass is 19.1. The first-order chi connectivity index (χ1) is 11.5. The Morgan fingerprint density at radius 3 is 2.46 bits per heavy atom. The number of carbonyl (C=O) groups excluding carboxylic acids is 1. The Hall–Kier alpha value is -2.54. The van der Waals surface area contributed by atoms with Crippen molar-refractivity contribution < 1.29 is 9.18 Å². The van der Waals surface area contributed by atoms with E-state index >= 15 is 0 Å². The van der Waals surface area contributed by atoms with Crippen LogP contribution in [0.1, 0.15) is 22.3 Å². The van der Waals surface area contributed by atoms with Gasteiger partial charge in [0.1, 0.15) is 5.82 Å². The fourth-order valence-corrected chi connectivity index (χ4v) is 2.02. The molecular weight excluding hydrogens is 309 g/mol. The maximum absolute atomic E-state index is 12.8. The molecule has 0 aliphatic rings. The van der Waals surface area contributed by atoms with Gasteiger partial charge >= 0.3 is 0 Å². The molecule has 0 unspecified atom stereocenters. The van der Waals surface area contributed by atoms with Gasteiger partial charge in [0, 0.05) is 25.5 Å². The molecule has 24 heavy (non-hydrogen) atoms. The molecule has 1 aromatic heterocycles. The summed E-state index contributed by atoms with van der Waals surface area (Å²) < 4.78 is 12.8. The monoisotopic (exact) mass is 331 g/mol. The number of rotatable bonds is 8. The molecule has 1 amide bonds. The van der Waals surface area contributed by atoms with Crippen LogP contribution in [-0.4, -0.2) is 48.0 Å². The van der Waals surface area contributed by atoms with Crippen LogP contribution in [0.2, 0.25) is 0 Å². The van der Waals surface area contributed by atoms with Crippen LogP contribution < -0.4 is 10.6 Å². The van der Waals surface area contributed by atoms with Crippen molar-refractivity contribution in [2.75, 3.05) is 32.5 Å². The lowest BCUT2D eigenvalue weighted by Crippen LogP contribution is -2.23. The van der Waals surface area contributed by atoms with Gasteiger partial charge in [-0.25, -0.2) is 14.4 Å². The number of nitrogens with one attached hydrogen (secondary N) is 2. The number of anilines is 1. The van der Waals surface area contributed by atoms with Crippen molar-refractivity contribution >= 4 is 11.9 Å². The molecule has 1 heterocycles. The summed E-state index contributed by atoms with van der Waals surface area (Å²) >= 11 is 0. The summed E-state index contributed by atoms with van der Waals surface area (Å²) in [5.74, 6) is -0.0607. The maximum Gasteiger partial charge on any atom is 0.254 e. The fourth-order valence-electron chi connectivity index (χ4n) is 2.02. The van der Waals surface area contributed by atoms with Gasteiger partial charge in [0.25, 0.3) is 5.91 Å². The molecule has 2 rings (SSSR count). The van der Waals surface area contributed by atoms with E-state index in [2.05, 4.69) is 25.5 Å². The van der Waals surface area contributed by atoms with E-state index in [9.17, 15) is 9.18 Å². The van der Waals surface area contributed by atoms with E-state index in [1.165, 1.54) is 24.5 Å². The third-order valence-electron chi connectivity index (χ3n) is 3.35. The van der Waals surface area contributed by atoms with Gasteiger partial charge in [-0.2, -0.15) is 0 Å². The van der Waals surface area contributed by atoms with Gasteiger partial charge in [-0.1, -0.05) is 12.1 Å². The van der Waals surface area contributed by atoms with Crippen molar-refractivity contribution in [2.24, 2.45) is 0 Å². The zero-order valence-corrected chi connectivity index (χ0v) is 13.9. The van der Waals surface area contributed by atoms with Gasteiger partial charge < -0.3 is 15.5 Å². The van der Waals surface area contributed by atoms with Crippen LogP contribution in [0.4, 0.5) is 10.3 Å². The Labute approximate surface area is 141 Å². The van der Waals surface area contributed by atoms with Crippen LogP contribution in [0.5, 0.6) is 0 Å². The van der Waals surface area contributed by atoms with Gasteiger partial charge in [-0.05, 0) is 44.8 Å². The Morgan fingerprint density at radius 2 is 1.83 bits per heavy atom. The first-order valence-electron chi connectivity index (χ1n) is 7.78. The van der Waals surface area contributed by atoms with E-state index in [1.54, 1.807) is 12.1 Å². The Morgan fingerprint density at radius 1 is 1.17 bits per heavy atom. The minimum atomic E-state index is -0.299. The Kier molecular flexibility index (Phi) is 6.62. The first-order valence-corrected chi connectivity index (χ1v) is 7.78. The number of nitrogens with zero attached hydrogens (tertiary/aromatic N) is 3. The second-order valence-corrected chi connectivity index (χ2v) is 5.69. The number of carbonyl (C=O) groups is 1. The average Bonchev–Trinajstić information content (AvgIpc) is 2.58. The highest BCUT2D eigenvalue weighted by Gasteiger charge is 2.07.